The summed E-state index contributed by atoms with van der Waals surface area (Å²) in [6.45, 7) is 5.32. The zero-order chi connectivity index (χ0) is 13.1. The molecule has 18 heavy (non-hydrogen) atoms. The summed E-state index contributed by atoms with van der Waals surface area (Å²) in [5.74, 6) is 0.438. The third kappa shape index (κ3) is 2.37. The van der Waals surface area contributed by atoms with Crippen molar-refractivity contribution in [3.05, 3.63) is 29.3 Å². The quantitative estimate of drug-likeness (QED) is 0.603. The van der Waals surface area contributed by atoms with E-state index in [2.05, 4.69) is 13.0 Å². The van der Waals surface area contributed by atoms with Gasteiger partial charge in [0.15, 0.2) is 0 Å². The van der Waals surface area contributed by atoms with Crippen molar-refractivity contribution in [3.8, 4) is 0 Å². The fourth-order valence-corrected chi connectivity index (χ4v) is 2.39. The van der Waals surface area contributed by atoms with Gasteiger partial charge in [0.05, 0.1) is 6.61 Å². The Morgan fingerprint density at radius 3 is 3.00 bits per heavy atom. The molecule has 1 atom stereocenters. The molecule has 1 amide bonds. The summed E-state index contributed by atoms with van der Waals surface area (Å²) in [5.41, 5.74) is 3.34. The van der Waals surface area contributed by atoms with Crippen LogP contribution in [0.1, 0.15) is 30.9 Å². The Balaban J connectivity index is 2.19. The average molecular weight is 247 g/mol. The Hall–Kier alpha value is -1.84. The lowest BCUT2D eigenvalue weighted by Gasteiger charge is -2.14. The minimum atomic E-state index is 0.0811. The number of hydrogen-bond donors (Lipinski definition) is 0. The maximum Gasteiger partial charge on any atom is 0.293 e. The van der Waals surface area contributed by atoms with Crippen molar-refractivity contribution in [1.29, 1.82) is 0 Å². The molecule has 0 aromatic heterocycles. The van der Waals surface area contributed by atoms with Crippen LogP contribution in [0.15, 0.2) is 18.2 Å². The van der Waals surface area contributed by atoms with Crippen molar-refractivity contribution >= 4 is 18.1 Å². The van der Waals surface area contributed by atoms with Crippen LogP contribution in [0.25, 0.3) is 0 Å². The fourth-order valence-electron chi connectivity index (χ4n) is 2.39. The van der Waals surface area contributed by atoms with Crippen LogP contribution >= 0.6 is 0 Å². The normalized spacial score (nSPS) is 17.4. The van der Waals surface area contributed by atoms with Crippen molar-refractivity contribution in [2.45, 2.75) is 26.2 Å². The van der Waals surface area contributed by atoms with Crippen LogP contribution in [0.4, 0.5) is 5.69 Å². The van der Waals surface area contributed by atoms with E-state index in [1.807, 2.05) is 17.0 Å². The second-order valence-corrected chi connectivity index (χ2v) is 4.64. The van der Waals surface area contributed by atoms with Crippen molar-refractivity contribution in [3.63, 3.8) is 0 Å². The molecule has 96 valence electrons. The average Bonchev–Trinajstić information content (AvgIpc) is 2.67. The van der Waals surface area contributed by atoms with E-state index in [1.54, 1.807) is 6.92 Å². The van der Waals surface area contributed by atoms with Gasteiger partial charge in [-0.1, -0.05) is 19.1 Å². The lowest BCUT2D eigenvalue weighted by atomic mass is 10.00. The van der Waals surface area contributed by atoms with Gasteiger partial charge in [-0.2, -0.15) is 0 Å². The molecule has 0 saturated heterocycles. The van der Waals surface area contributed by atoms with Crippen molar-refractivity contribution in [2.24, 2.45) is 0 Å². The molecule has 1 heterocycles. The number of fused-ring (bicyclic) bond motifs is 1. The van der Waals surface area contributed by atoms with Gasteiger partial charge in [-0.25, -0.2) is 0 Å². The second-order valence-electron chi connectivity index (χ2n) is 4.64. The smallest absolute Gasteiger partial charge is 0.293 e. The summed E-state index contributed by atoms with van der Waals surface area (Å²) >= 11 is 0. The number of ether oxygens (including phenoxy) is 1. The Morgan fingerprint density at radius 1 is 1.56 bits per heavy atom. The van der Waals surface area contributed by atoms with Crippen LogP contribution in [-0.2, 0) is 20.7 Å². The molecule has 1 unspecified atom stereocenters. The highest BCUT2D eigenvalue weighted by molar-refractivity contribution is 5.94. The Bertz CT molecular complexity index is 470. The van der Waals surface area contributed by atoms with Crippen molar-refractivity contribution in [2.75, 3.05) is 18.1 Å². The van der Waals surface area contributed by atoms with E-state index < -0.39 is 0 Å². The molecule has 2 rings (SSSR count). The second kappa shape index (κ2) is 5.21. The standard InChI is InChI=1S/C14H17NO3/c1-10-8-15(11(2)17)14-4-3-12(7-13(10)14)5-6-18-9-16/h3-4,7,9-10H,5-6,8H2,1-2H3. The van der Waals surface area contributed by atoms with E-state index in [4.69, 9.17) is 4.74 Å². The number of anilines is 1. The molecule has 1 aliphatic heterocycles. The molecule has 1 aromatic carbocycles. The number of hydrogen-bond acceptors (Lipinski definition) is 3. The molecule has 4 nitrogen and oxygen atoms in total. The number of benzene rings is 1. The van der Waals surface area contributed by atoms with E-state index in [0.717, 1.165) is 17.8 Å². The van der Waals surface area contributed by atoms with Gasteiger partial charge in [-0.15, -0.1) is 0 Å². The number of nitrogens with zero attached hydrogens (tertiary/aromatic N) is 1. The third-order valence-corrected chi connectivity index (χ3v) is 3.33. The largest absolute Gasteiger partial charge is 0.468 e. The molecule has 0 spiro atoms. The predicted octanol–water partition coefficient (Wildman–Crippen LogP) is 1.87. The lowest BCUT2D eigenvalue weighted by Crippen LogP contribution is -2.26. The minimum absolute atomic E-state index is 0.0811. The number of carbonyl (C=O) groups excluding carboxylic acids is 2. The maximum absolute atomic E-state index is 11.5. The summed E-state index contributed by atoms with van der Waals surface area (Å²) in [4.78, 5) is 23.4. The molecular formula is C14H17NO3. The molecule has 0 bridgehead atoms. The SMILES string of the molecule is CC(=O)N1CC(C)c2cc(CCOC=O)ccc21. The highest BCUT2D eigenvalue weighted by atomic mass is 16.5. The van der Waals surface area contributed by atoms with Crippen LogP contribution in [0.5, 0.6) is 0 Å². The first kappa shape index (κ1) is 12.6. The van der Waals surface area contributed by atoms with Gasteiger partial charge < -0.3 is 9.64 Å². The van der Waals surface area contributed by atoms with Gasteiger partial charge >= 0.3 is 0 Å². The number of rotatable bonds is 4. The first-order chi connectivity index (χ1) is 8.63. The van der Waals surface area contributed by atoms with E-state index in [9.17, 15) is 9.59 Å². The maximum atomic E-state index is 11.5. The third-order valence-electron chi connectivity index (χ3n) is 3.33. The zero-order valence-corrected chi connectivity index (χ0v) is 10.7. The van der Waals surface area contributed by atoms with Gasteiger partial charge in [0.1, 0.15) is 0 Å². The molecule has 0 saturated carbocycles. The van der Waals surface area contributed by atoms with E-state index in [1.165, 1.54) is 5.56 Å². The Labute approximate surface area is 107 Å². The first-order valence-corrected chi connectivity index (χ1v) is 6.09. The molecule has 0 N–H and O–H groups in total. The number of carbonyl (C=O) groups is 2. The fraction of sp³-hybridized carbons (Fsp3) is 0.429. The summed E-state index contributed by atoms with van der Waals surface area (Å²) in [6, 6.07) is 6.08. The van der Waals surface area contributed by atoms with Gasteiger partial charge in [0.25, 0.3) is 6.47 Å². The predicted molar refractivity (Wildman–Crippen MR) is 68.6 cm³/mol. The van der Waals surface area contributed by atoms with Gasteiger partial charge in [-0.05, 0) is 17.2 Å². The first-order valence-electron chi connectivity index (χ1n) is 6.09. The van der Waals surface area contributed by atoms with Gasteiger partial charge in [0, 0.05) is 31.5 Å². The molecular weight excluding hydrogens is 230 g/mol. The topological polar surface area (TPSA) is 46.6 Å². The highest BCUT2D eigenvalue weighted by Crippen LogP contribution is 2.36. The van der Waals surface area contributed by atoms with Crippen LogP contribution < -0.4 is 4.90 Å². The summed E-state index contributed by atoms with van der Waals surface area (Å²) < 4.78 is 4.70. The van der Waals surface area contributed by atoms with Crippen LogP contribution in [0, 0.1) is 0 Å². The van der Waals surface area contributed by atoms with Crippen molar-refractivity contribution in [1.82, 2.24) is 0 Å². The molecule has 1 aliphatic rings. The lowest BCUT2D eigenvalue weighted by molar-refractivity contribution is -0.128. The summed E-state index contributed by atoms with van der Waals surface area (Å²) in [6.07, 6.45) is 0.707. The summed E-state index contributed by atoms with van der Waals surface area (Å²) in [7, 11) is 0. The molecule has 0 radical (unpaired) electrons. The van der Waals surface area contributed by atoms with E-state index in [0.29, 0.717) is 25.4 Å². The highest BCUT2D eigenvalue weighted by Gasteiger charge is 2.27. The van der Waals surface area contributed by atoms with Crippen LogP contribution in [0.2, 0.25) is 0 Å². The molecule has 1 aromatic rings. The van der Waals surface area contributed by atoms with Gasteiger partial charge in [0.2, 0.25) is 5.91 Å². The summed E-state index contributed by atoms with van der Waals surface area (Å²) in [5, 5.41) is 0. The Morgan fingerprint density at radius 2 is 2.33 bits per heavy atom. The molecule has 0 aliphatic carbocycles. The molecule has 0 fully saturated rings. The van der Waals surface area contributed by atoms with Gasteiger partial charge in [-0.3, -0.25) is 9.59 Å². The van der Waals surface area contributed by atoms with E-state index in [-0.39, 0.29) is 5.91 Å². The minimum Gasteiger partial charge on any atom is -0.468 e. The zero-order valence-electron chi connectivity index (χ0n) is 10.7. The van der Waals surface area contributed by atoms with Crippen molar-refractivity contribution < 1.29 is 14.3 Å². The van der Waals surface area contributed by atoms with E-state index >= 15 is 0 Å². The molecule has 4 heteroatoms. The monoisotopic (exact) mass is 247 g/mol. The van der Waals surface area contributed by atoms with Crippen LogP contribution in [-0.4, -0.2) is 25.5 Å². The number of amides is 1. The van der Waals surface area contributed by atoms with Crippen LogP contribution in [0.3, 0.4) is 0 Å². The Kier molecular flexibility index (Phi) is 3.65.